The number of hydrogen-bond donors (Lipinski definition) is 1. The number of piperazine rings is 1. The van der Waals surface area contributed by atoms with Gasteiger partial charge >= 0.3 is 0 Å². The molecule has 1 aliphatic heterocycles. The average molecular weight is 251 g/mol. The first kappa shape index (κ1) is 12.5. The van der Waals surface area contributed by atoms with Crippen LogP contribution < -0.4 is 5.32 Å². The molecule has 0 aromatic carbocycles. The van der Waals surface area contributed by atoms with E-state index in [1.54, 1.807) is 29.7 Å². The van der Waals surface area contributed by atoms with Crippen LogP contribution in [0.1, 0.15) is 26.0 Å². The highest BCUT2D eigenvalue weighted by molar-refractivity contribution is 5.97. The van der Waals surface area contributed by atoms with Gasteiger partial charge in [0.15, 0.2) is 0 Å². The summed E-state index contributed by atoms with van der Waals surface area (Å²) in [5.74, 6) is -0.210. The molecular weight excluding hydrogens is 234 g/mol. The van der Waals surface area contributed by atoms with E-state index in [4.69, 9.17) is 0 Å². The van der Waals surface area contributed by atoms with Crippen LogP contribution in [0.2, 0.25) is 0 Å². The summed E-state index contributed by atoms with van der Waals surface area (Å²) in [6.07, 6.45) is 2.31. The van der Waals surface area contributed by atoms with Crippen molar-refractivity contribution in [3.63, 3.8) is 0 Å². The standard InChI is InChI=1S/C11H17N5O2/c1-4-11(2)10(18)12-5-9(17)16(11)7-8-6-15(3)14-13-8/h6H,4-5,7H2,1-3H3,(H,12,18). The largest absolute Gasteiger partial charge is 0.345 e. The highest BCUT2D eigenvalue weighted by Crippen LogP contribution is 2.24. The average Bonchev–Trinajstić information content (AvgIpc) is 2.75. The second-order valence-electron chi connectivity index (χ2n) is 4.67. The zero-order valence-electron chi connectivity index (χ0n) is 10.8. The second-order valence-corrected chi connectivity index (χ2v) is 4.67. The molecule has 1 fully saturated rings. The lowest BCUT2D eigenvalue weighted by Gasteiger charge is -2.42. The monoisotopic (exact) mass is 251 g/mol. The van der Waals surface area contributed by atoms with E-state index in [1.165, 1.54) is 0 Å². The first-order valence-electron chi connectivity index (χ1n) is 5.91. The summed E-state index contributed by atoms with van der Waals surface area (Å²) in [5.41, 5.74) is -0.132. The van der Waals surface area contributed by atoms with E-state index in [-0.39, 0.29) is 18.4 Å². The molecule has 1 aromatic rings. The van der Waals surface area contributed by atoms with E-state index >= 15 is 0 Å². The van der Waals surface area contributed by atoms with Gasteiger partial charge in [0.1, 0.15) is 11.2 Å². The van der Waals surface area contributed by atoms with Gasteiger partial charge in [0, 0.05) is 13.2 Å². The van der Waals surface area contributed by atoms with Crippen LogP contribution in [0.4, 0.5) is 0 Å². The Kier molecular flexibility index (Phi) is 3.06. The Morgan fingerprint density at radius 2 is 2.22 bits per heavy atom. The molecule has 1 atom stereocenters. The summed E-state index contributed by atoms with van der Waals surface area (Å²) in [5, 5.41) is 10.4. The summed E-state index contributed by atoms with van der Waals surface area (Å²) in [7, 11) is 1.76. The van der Waals surface area contributed by atoms with Crippen molar-refractivity contribution in [1.82, 2.24) is 25.2 Å². The summed E-state index contributed by atoms with van der Waals surface area (Å²) >= 11 is 0. The van der Waals surface area contributed by atoms with Crippen LogP contribution in [-0.4, -0.2) is 43.8 Å². The summed E-state index contributed by atoms with van der Waals surface area (Å²) in [4.78, 5) is 25.5. The molecule has 7 heteroatoms. The van der Waals surface area contributed by atoms with Gasteiger partial charge in [-0.05, 0) is 13.3 Å². The third-order valence-corrected chi connectivity index (χ3v) is 3.44. The minimum atomic E-state index is -0.813. The number of aromatic nitrogens is 3. The van der Waals surface area contributed by atoms with E-state index in [9.17, 15) is 9.59 Å². The normalized spacial score (nSPS) is 24.3. The third-order valence-electron chi connectivity index (χ3n) is 3.44. The second kappa shape index (κ2) is 4.40. The van der Waals surface area contributed by atoms with Gasteiger partial charge in [0.2, 0.25) is 11.8 Å². The fraction of sp³-hybridized carbons (Fsp3) is 0.636. The molecule has 1 saturated heterocycles. The van der Waals surface area contributed by atoms with Crippen LogP contribution in [-0.2, 0) is 23.2 Å². The van der Waals surface area contributed by atoms with Gasteiger partial charge in [-0.1, -0.05) is 12.1 Å². The molecule has 98 valence electrons. The molecule has 0 radical (unpaired) electrons. The van der Waals surface area contributed by atoms with Gasteiger partial charge < -0.3 is 10.2 Å². The van der Waals surface area contributed by atoms with Crippen molar-refractivity contribution in [2.24, 2.45) is 7.05 Å². The molecule has 7 nitrogen and oxygen atoms in total. The number of amides is 2. The van der Waals surface area contributed by atoms with Crippen molar-refractivity contribution in [1.29, 1.82) is 0 Å². The maximum absolute atomic E-state index is 12.0. The smallest absolute Gasteiger partial charge is 0.246 e. The Labute approximate surface area is 105 Å². The van der Waals surface area contributed by atoms with Gasteiger partial charge in [0.25, 0.3) is 0 Å². The molecule has 18 heavy (non-hydrogen) atoms. The molecule has 0 spiro atoms. The summed E-state index contributed by atoms with van der Waals surface area (Å²) in [6, 6.07) is 0. The van der Waals surface area contributed by atoms with Crippen LogP contribution in [0.3, 0.4) is 0 Å². The molecule has 0 saturated carbocycles. The summed E-state index contributed by atoms with van der Waals surface area (Å²) in [6.45, 7) is 4.02. The molecule has 0 bridgehead atoms. The molecule has 1 aromatic heterocycles. The van der Waals surface area contributed by atoms with Crippen molar-refractivity contribution in [3.05, 3.63) is 11.9 Å². The van der Waals surface area contributed by atoms with Crippen LogP contribution in [0.15, 0.2) is 6.20 Å². The van der Waals surface area contributed by atoms with Gasteiger partial charge in [-0.2, -0.15) is 0 Å². The van der Waals surface area contributed by atoms with Crippen LogP contribution in [0.5, 0.6) is 0 Å². The Morgan fingerprint density at radius 3 is 2.78 bits per heavy atom. The number of nitrogens with one attached hydrogen (secondary N) is 1. The van der Waals surface area contributed by atoms with Crippen molar-refractivity contribution in [2.75, 3.05) is 6.54 Å². The maximum Gasteiger partial charge on any atom is 0.246 e. The summed E-state index contributed by atoms with van der Waals surface area (Å²) < 4.78 is 1.58. The predicted octanol–water partition coefficient (Wildman–Crippen LogP) is -0.558. The number of hydrogen-bond acceptors (Lipinski definition) is 4. The van der Waals surface area contributed by atoms with Gasteiger partial charge in [-0.15, -0.1) is 5.10 Å². The quantitative estimate of drug-likeness (QED) is 0.781. The first-order chi connectivity index (χ1) is 8.47. The lowest BCUT2D eigenvalue weighted by atomic mass is 9.92. The van der Waals surface area contributed by atoms with Crippen LogP contribution in [0.25, 0.3) is 0 Å². The lowest BCUT2D eigenvalue weighted by Crippen LogP contribution is -2.65. The van der Waals surface area contributed by atoms with Crippen molar-refractivity contribution < 1.29 is 9.59 Å². The zero-order chi connectivity index (χ0) is 13.3. The number of carbonyl (C=O) groups excluding carboxylic acids is 2. The lowest BCUT2D eigenvalue weighted by molar-refractivity contribution is -0.153. The highest BCUT2D eigenvalue weighted by atomic mass is 16.2. The molecule has 2 heterocycles. The molecule has 2 rings (SSSR count). The molecular formula is C11H17N5O2. The van der Waals surface area contributed by atoms with Crippen LogP contribution in [0, 0.1) is 0 Å². The number of rotatable bonds is 3. The van der Waals surface area contributed by atoms with Crippen molar-refractivity contribution in [3.8, 4) is 0 Å². The van der Waals surface area contributed by atoms with E-state index in [2.05, 4.69) is 15.6 Å². The topological polar surface area (TPSA) is 80.1 Å². The van der Waals surface area contributed by atoms with Crippen molar-refractivity contribution >= 4 is 11.8 Å². The van der Waals surface area contributed by atoms with Gasteiger partial charge in [-0.25, -0.2) is 0 Å². The predicted molar refractivity (Wildman–Crippen MR) is 63.3 cm³/mol. The Hall–Kier alpha value is -1.92. The fourth-order valence-electron chi connectivity index (χ4n) is 2.08. The van der Waals surface area contributed by atoms with E-state index in [0.29, 0.717) is 18.7 Å². The molecule has 2 amide bonds. The minimum Gasteiger partial charge on any atom is -0.345 e. The fourth-order valence-corrected chi connectivity index (χ4v) is 2.08. The molecule has 1 aliphatic rings. The minimum absolute atomic E-state index is 0.0503. The molecule has 0 aliphatic carbocycles. The van der Waals surface area contributed by atoms with Crippen LogP contribution >= 0.6 is 0 Å². The zero-order valence-corrected chi connectivity index (χ0v) is 10.8. The Bertz CT molecular complexity index is 484. The molecule has 1 unspecified atom stereocenters. The number of nitrogens with zero attached hydrogens (tertiary/aromatic N) is 4. The Balaban J connectivity index is 2.26. The van der Waals surface area contributed by atoms with Gasteiger partial charge in [0.05, 0.1) is 13.1 Å². The van der Waals surface area contributed by atoms with E-state index in [1.807, 2.05) is 6.92 Å². The van der Waals surface area contributed by atoms with Crippen molar-refractivity contribution in [2.45, 2.75) is 32.4 Å². The van der Waals surface area contributed by atoms with E-state index in [0.717, 1.165) is 0 Å². The third kappa shape index (κ3) is 1.96. The number of aryl methyl sites for hydroxylation is 1. The SMILES string of the molecule is CCC1(C)C(=O)NCC(=O)N1Cc1cn(C)nn1. The van der Waals surface area contributed by atoms with E-state index < -0.39 is 5.54 Å². The molecule has 1 N–H and O–H groups in total. The maximum atomic E-state index is 12.0. The number of carbonyl (C=O) groups is 2. The Morgan fingerprint density at radius 1 is 1.50 bits per heavy atom. The van der Waals surface area contributed by atoms with Gasteiger partial charge in [-0.3, -0.25) is 14.3 Å². The first-order valence-corrected chi connectivity index (χ1v) is 5.91. The highest BCUT2D eigenvalue weighted by Gasteiger charge is 2.44.